The smallest absolute Gasteiger partial charge is 0.336 e. The van der Waals surface area contributed by atoms with E-state index in [1.165, 1.54) is 18.2 Å². The maximum Gasteiger partial charge on any atom is 0.336 e. The Morgan fingerprint density at radius 1 is 0.919 bits per heavy atom. The summed E-state index contributed by atoms with van der Waals surface area (Å²) in [6.45, 7) is 11.2. The Morgan fingerprint density at radius 3 is 1.76 bits per heavy atom. The highest BCUT2D eigenvalue weighted by atomic mass is 16.6. The number of nitrogens with one attached hydrogen (secondary N) is 1. The van der Waals surface area contributed by atoms with E-state index < -0.39 is 22.8 Å². The normalized spacial score (nSPS) is 17.5. The van der Waals surface area contributed by atoms with Gasteiger partial charge in [0.05, 0.1) is 34.2 Å². The average molecular weight is 519 g/mol. The predicted molar refractivity (Wildman–Crippen MR) is 138 cm³/mol. The number of dihydropyridines is 1. The van der Waals surface area contributed by atoms with Gasteiger partial charge in [-0.05, 0) is 31.2 Å². The first-order valence-electron chi connectivity index (χ1n) is 12.3. The molecule has 1 aromatic carbocycles. The zero-order valence-electron chi connectivity index (χ0n) is 22.8. The SMILES string of the molecule is COC(COC(=O)C1=C(C)NC(C)=C(C(=O)OCC(OC)C(C)C)C1c1cccc([N+](=O)[O-])c1)C(C)C. The van der Waals surface area contributed by atoms with Gasteiger partial charge < -0.3 is 24.3 Å². The Kier molecular flexibility index (Phi) is 10.8. The average Bonchev–Trinajstić information content (AvgIpc) is 2.83. The summed E-state index contributed by atoms with van der Waals surface area (Å²) >= 11 is 0. The molecular weight excluding hydrogens is 480 g/mol. The van der Waals surface area contributed by atoms with Gasteiger partial charge in [0.2, 0.25) is 0 Å². The van der Waals surface area contributed by atoms with Crippen LogP contribution < -0.4 is 5.32 Å². The molecule has 0 bridgehead atoms. The molecule has 0 aliphatic carbocycles. The van der Waals surface area contributed by atoms with Crippen LogP contribution in [-0.2, 0) is 28.5 Å². The highest BCUT2D eigenvalue weighted by Gasteiger charge is 2.39. The van der Waals surface area contributed by atoms with E-state index in [4.69, 9.17) is 18.9 Å². The number of hydrogen-bond acceptors (Lipinski definition) is 9. The maximum atomic E-state index is 13.4. The second-order valence-corrected chi connectivity index (χ2v) is 9.72. The molecule has 1 aromatic rings. The third-order valence-corrected chi connectivity index (χ3v) is 6.46. The molecule has 0 fully saturated rings. The second-order valence-electron chi connectivity index (χ2n) is 9.72. The topological polar surface area (TPSA) is 126 Å². The number of non-ortho nitro benzene ring substituents is 1. The quantitative estimate of drug-likeness (QED) is 0.245. The lowest BCUT2D eigenvalue weighted by Crippen LogP contribution is -2.35. The molecule has 0 aromatic heterocycles. The number of allylic oxidation sites excluding steroid dienone is 2. The number of methoxy groups -OCH3 is 2. The number of nitro benzene ring substituents is 1. The molecule has 0 amide bonds. The molecule has 10 nitrogen and oxygen atoms in total. The highest BCUT2D eigenvalue weighted by molar-refractivity contribution is 6.00. The predicted octanol–water partition coefficient (Wildman–Crippen LogP) is 4.26. The van der Waals surface area contributed by atoms with Crippen molar-refractivity contribution < 1.29 is 33.5 Å². The van der Waals surface area contributed by atoms with Crippen molar-refractivity contribution in [3.63, 3.8) is 0 Å². The molecule has 1 aliphatic heterocycles. The van der Waals surface area contributed by atoms with Crippen LogP contribution in [0.5, 0.6) is 0 Å². The molecule has 2 unspecified atom stereocenters. The number of esters is 2. The van der Waals surface area contributed by atoms with Crippen molar-refractivity contribution in [1.82, 2.24) is 5.32 Å². The Morgan fingerprint density at radius 2 is 1.38 bits per heavy atom. The Labute approximate surface area is 218 Å². The molecule has 10 heteroatoms. The van der Waals surface area contributed by atoms with Gasteiger partial charge in [-0.1, -0.05) is 39.8 Å². The lowest BCUT2D eigenvalue weighted by atomic mass is 9.80. The van der Waals surface area contributed by atoms with E-state index in [2.05, 4.69) is 5.32 Å². The molecular formula is C27H38N2O8. The van der Waals surface area contributed by atoms with Crippen molar-refractivity contribution in [1.29, 1.82) is 0 Å². The van der Waals surface area contributed by atoms with Gasteiger partial charge in [-0.15, -0.1) is 0 Å². The number of nitro groups is 1. The van der Waals surface area contributed by atoms with Crippen LogP contribution >= 0.6 is 0 Å². The van der Waals surface area contributed by atoms with Crippen molar-refractivity contribution in [2.24, 2.45) is 11.8 Å². The molecule has 0 saturated heterocycles. The highest BCUT2D eigenvalue weighted by Crippen LogP contribution is 2.40. The lowest BCUT2D eigenvalue weighted by Gasteiger charge is -2.31. The summed E-state index contributed by atoms with van der Waals surface area (Å²) in [5.74, 6) is -2.04. The van der Waals surface area contributed by atoms with Crippen LogP contribution in [-0.4, -0.2) is 56.5 Å². The summed E-state index contributed by atoms with van der Waals surface area (Å²) < 4.78 is 22.1. The fourth-order valence-electron chi connectivity index (χ4n) is 4.22. The van der Waals surface area contributed by atoms with Crippen LogP contribution in [0.15, 0.2) is 46.8 Å². The fourth-order valence-corrected chi connectivity index (χ4v) is 4.22. The fraction of sp³-hybridized carbons (Fsp3) is 0.556. The standard InChI is InChI=1S/C27H38N2O8/c1-15(2)21(34-7)13-36-26(30)23-17(5)28-18(6)24(27(31)37-14-22(35-8)16(3)4)25(23)19-10-9-11-20(12-19)29(32)33/h9-12,15-16,21-22,25,28H,13-14H2,1-8H3. The summed E-state index contributed by atoms with van der Waals surface area (Å²) in [4.78, 5) is 37.8. The molecule has 204 valence electrons. The molecule has 1 N–H and O–H groups in total. The number of rotatable bonds is 12. The minimum Gasteiger partial charge on any atom is -0.459 e. The second kappa shape index (κ2) is 13.3. The first kappa shape index (κ1) is 30.0. The van der Waals surface area contributed by atoms with Crippen LogP contribution in [0.2, 0.25) is 0 Å². The first-order valence-corrected chi connectivity index (χ1v) is 12.3. The molecule has 37 heavy (non-hydrogen) atoms. The largest absolute Gasteiger partial charge is 0.459 e. The first-order chi connectivity index (χ1) is 17.4. The Bertz CT molecular complexity index is 1010. The van der Waals surface area contributed by atoms with Crippen LogP contribution in [0, 0.1) is 22.0 Å². The number of nitrogens with zero attached hydrogens (tertiary/aromatic N) is 1. The van der Waals surface area contributed by atoms with Gasteiger partial charge in [0, 0.05) is 37.7 Å². The van der Waals surface area contributed by atoms with Crippen molar-refractivity contribution in [2.45, 2.75) is 59.7 Å². The molecule has 2 atom stereocenters. The zero-order valence-corrected chi connectivity index (χ0v) is 22.8. The zero-order chi connectivity index (χ0) is 27.9. The monoisotopic (exact) mass is 518 g/mol. The summed E-state index contributed by atoms with van der Waals surface area (Å²) in [7, 11) is 3.09. The van der Waals surface area contributed by atoms with Gasteiger partial charge in [0.1, 0.15) is 13.2 Å². The van der Waals surface area contributed by atoms with Crippen molar-refractivity contribution in [3.05, 3.63) is 62.5 Å². The Balaban J connectivity index is 2.53. The molecule has 0 saturated carbocycles. The third-order valence-electron chi connectivity index (χ3n) is 6.46. The number of carbonyl (C=O) groups excluding carboxylic acids is 2. The van der Waals surface area contributed by atoms with Gasteiger partial charge in [-0.25, -0.2) is 9.59 Å². The number of benzene rings is 1. The summed E-state index contributed by atoms with van der Waals surface area (Å²) in [5.41, 5.74) is 1.53. The van der Waals surface area contributed by atoms with Crippen LogP contribution in [0.3, 0.4) is 0 Å². The minimum atomic E-state index is -0.943. The van der Waals surface area contributed by atoms with Gasteiger partial charge in [0.25, 0.3) is 5.69 Å². The molecule has 2 rings (SSSR count). The van der Waals surface area contributed by atoms with Crippen molar-refractivity contribution in [2.75, 3.05) is 27.4 Å². The molecule has 1 heterocycles. The molecule has 0 spiro atoms. The van der Waals surface area contributed by atoms with E-state index in [1.807, 2.05) is 27.7 Å². The van der Waals surface area contributed by atoms with E-state index in [0.717, 1.165) is 0 Å². The maximum absolute atomic E-state index is 13.4. The summed E-state index contributed by atoms with van der Waals surface area (Å²) in [6, 6.07) is 5.87. The summed E-state index contributed by atoms with van der Waals surface area (Å²) in [5, 5.41) is 14.6. The van der Waals surface area contributed by atoms with E-state index in [9.17, 15) is 19.7 Å². The number of hydrogen-bond donors (Lipinski definition) is 1. The summed E-state index contributed by atoms with van der Waals surface area (Å²) in [6.07, 6.45) is -0.636. The molecule has 0 radical (unpaired) electrons. The van der Waals surface area contributed by atoms with E-state index >= 15 is 0 Å². The Hall–Kier alpha value is -3.24. The van der Waals surface area contributed by atoms with Crippen LogP contribution in [0.1, 0.15) is 53.0 Å². The van der Waals surface area contributed by atoms with E-state index in [-0.39, 0.29) is 54.1 Å². The van der Waals surface area contributed by atoms with Crippen molar-refractivity contribution >= 4 is 17.6 Å². The minimum absolute atomic E-state index is 0.0117. The van der Waals surface area contributed by atoms with E-state index in [1.54, 1.807) is 34.1 Å². The third kappa shape index (κ3) is 7.39. The lowest BCUT2D eigenvalue weighted by molar-refractivity contribution is -0.384. The van der Waals surface area contributed by atoms with Crippen LogP contribution in [0.4, 0.5) is 5.69 Å². The van der Waals surface area contributed by atoms with Gasteiger partial charge in [0.15, 0.2) is 0 Å². The van der Waals surface area contributed by atoms with E-state index in [0.29, 0.717) is 17.0 Å². The van der Waals surface area contributed by atoms with Gasteiger partial charge >= 0.3 is 11.9 Å². The van der Waals surface area contributed by atoms with Gasteiger partial charge in [-0.3, -0.25) is 10.1 Å². The number of carbonyl (C=O) groups is 2. The van der Waals surface area contributed by atoms with Crippen molar-refractivity contribution in [3.8, 4) is 0 Å². The van der Waals surface area contributed by atoms with Gasteiger partial charge in [-0.2, -0.15) is 0 Å². The molecule has 1 aliphatic rings. The van der Waals surface area contributed by atoms with Crippen LogP contribution in [0.25, 0.3) is 0 Å². The number of ether oxygens (including phenoxy) is 4.